The predicted octanol–water partition coefficient (Wildman–Crippen LogP) is 4.87. The number of para-hydroxylation sites is 1. The lowest BCUT2D eigenvalue weighted by atomic mass is 10.1. The third-order valence-electron chi connectivity index (χ3n) is 4.22. The number of nitro groups is 1. The molecule has 144 valence electrons. The number of nitro benzene ring substituents is 1. The molecule has 0 spiro atoms. The van der Waals surface area contributed by atoms with E-state index in [2.05, 4.69) is 24.1 Å². The van der Waals surface area contributed by atoms with Crippen LogP contribution in [0.1, 0.15) is 41.5 Å². The van der Waals surface area contributed by atoms with Crippen LogP contribution in [0.15, 0.2) is 54.9 Å². The summed E-state index contributed by atoms with van der Waals surface area (Å²) in [5, 5.41) is 13.9. The van der Waals surface area contributed by atoms with Gasteiger partial charge in [-0.15, -0.1) is 0 Å². The fourth-order valence-corrected chi connectivity index (χ4v) is 3.23. The molecule has 1 aromatic heterocycles. The number of nitrogens with one attached hydrogen (secondary N) is 1. The lowest BCUT2D eigenvalue weighted by molar-refractivity contribution is -0.385. The van der Waals surface area contributed by atoms with E-state index in [-0.39, 0.29) is 10.6 Å². The molecule has 0 saturated heterocycles. The van der Waals surface area contributed by atoms with E-state index in [9.17, 15) is 14.9 Å². The standard InChI is InChI=1S/C20H19ClN4O3/c1-13(2)19-22-9-10-24(19)12-14-5-3-6-15(11-14)23-20(26)16-7-4-8-17(21)18(16)25(27)28/h3-11,13H,12H2,1-2H3,(H,23,26). The average Bonchev–Trinajstić information content (AvgIpc) is 3.09. The highest BCUT2D eigenvalue weighted by Crippen LogP contribution is 2.29. The van der Waals surface area contributed by atoms with Crippen LogP contribution in [0.25, 0.3) is 0 Å². The second-order valence-electron chi connectivity index (χ2n) is 6.62. The van der Waals surface area contributed by atoms with Crippen molar-refractivity contribution in [2.75, 3.05) is 5.32 Å². The van der Waals surface area contributed by atoms with Crippen LogP contribution in [0, 0.1) is 10.1 Å². The van der Waals surface area contributed by atoms with Crippen molar-refractivity contribution in [3.8, 4) is 0 Å². The summed E-state index contributed by atoms with van der Waals surface area (Å²) in [6.45, 7) is 4.76. The molecule has 0 saturated carbocycles. The third kappa shape index (κ3) is 4.20. The molecule has 2 aromatic carbocycles. The number of nitrogens with zero attached hydrogens (tertiary/aromatic N) is 3. The topological polar surface area (TPSA) is 90.1 Å². The van der Waals surface area contributed by atoms with Crippen LogP contribution in [0.5, 0.6) is 0 Å². The molecule has 0 aliphatic heterocycles. The number of benzene rings is 2. The first-order valence-electron chi connectivity index (χ1n) is 8.71. The fourth-order valence-electron chi connectivity index (χ4n) is 2.98. The minimum absolute atomic E-state index is 0.0762. The van der Waals surface area contributed by atoms with Crippen molar-refractivity contribution in [3.63, 3.8) is 0 Å². The maximum Gasteiger partial charge on any atom is 0.300 e. The Hall–Kier alpha value is -3.19. The Labute approximate surface area is 167 Å². The quantitative estimate of drug-likeness (QED) is 0.473. The molecule has 8 heteroatoms. The number of rotatable bonds is 6. The first kappa shape index (κ1) is 19.6. The third-order valence-corrected chi connectivity index (χ3v) is 4.52. The maximum absolute atomic E-state index is 12.6. The second-order valence-corrected chi connectivity index (χ2v) is 7.02. The minimum atomic E-state index is -0.653. The van der Waals surface area contributed by atoms with E-state index in [0.717, 1.165) is 11.4 Å². The summed E-state index contributed by atoms with van der Waals surface area (Å²) < 4.78 is 2.05. The van der Waals surface area contributed by atoms with Gasteiger partial charge in [-0.1, -0.05) is 43.6 Å². The average molecular weight is 399 g/mol. The molecule has 0 aliphatic carbocycles. The zero-order chi connectivity index (χ0) is 20.3. The molecule has 28 heavy (non-hydrogen) atoms. The molecular weight excluding hydrogens is 380 g/mol. The minimum Gasteiger partial charge on any atom is -0.330 e. The summed E-state index contributed by atoms with van der Waals surface area (Å²) in [5.41, 5.74) is 1.03. The fraction of sp³-hybridized carbons (Fsp3) is 0.200. The van der Waals surface area contributed by atoms with Crippen LogP contribution in [0.2, 0.25) is 5.02 Å². The molecule has 0 aliphatic rings. The van der Waals surface area contributed by atoms with Crippen molar-refractivity contribution >= 4 is 28.9 Å². The van der Waals surface area contributed by atoms with Crippen LogP contribution in [0.3, 0.4) is 0 Å². The first-order valence-corrected chi connectivity index (χ1v) is 9.09. The van der Waals surface area contributed by atoms with Crippen molar-refractivity contribution in [1.29, 1.82) is 0 Å². The molecular formula is C20H19ClN4O3. The van der Waals surface area contributed by atoms with Crippen LogP contribution in [-0.2, 0) is 6.54 Å². The number of imidazole rings is 1. The van der Waals surface area contributed by atoms with Gasteiger partial charge in [-0.2, -0.15) is 0 Å². The van der Waals surface area contributed by atoms with Gasteiger partial charge in [0.05, 0.1) is 4.92 Å². The van der Waals surface area contributed by atoms with Crippen molar-refractivity contribution in [1.82, 2.24) is 9.55 Å². The van der Waals surface area contributed by atoms with E-state index in [1.807, 2.05) is 29.0 Å². The number of hydrogen-bond donors (Lipinski definition) is 1. The van der Waals surface area contributed by atoms with Gasteiger partial charge >= 0.3 is 5.69 Å². The molecule has 3 rings (SSSR count). The monoisotopic (exact) mass is 398 g/mol. The Morgan fingerprint density at radius 1 is 1.29 bits per heavy atom. The molecule has 1 N–H and O–H groups in total. The Morgan fingerprint density at radius 2 is 2.04 bits per heavy atom. The van der Waals surface area contributed by atoms with Gasteiger partial charge in [0.25, 0.3) is 5.91 Å². The molecule has 0 atom stereocenters. The van der Waals surface area contributed by atoms with Crippen LogP contribution < -0.4 is 5.32 Å². The Morgan fingerprint density at radius 3 is 2.75 bits per heavy atom. The smallest absolute Gasteiger partial charge is 0.300 e. The predicted molar refractivity (Wildman–Crippen MR) is 108 cm³/mol. The van der Waals surface area contributed by atoms with Crippen molar-refractivity contribution in [2.24, 2.45) is 0 Å². The van der Waals surface area contributed by atoms with Crippen LogP contribution in [0.4, 0.5) is 11.4 Å². The zero-order valence-electron chi connectivity index (χ0n) is 15.4. The van der Waals surface area contributed by atoms with Gasteiger partial charge in [-0.25, -0.2) is 4.98 Å². The van der Waals surface area contributed by atoms with Crippen molar-refractivity contribution in [3.05, 3.63) is 86.9 Å². The van der Waals surface area contributed by atoms with Crippen molar-refractivity contribution in [2.45, 2.75) is 26.3 Å². The number of amides is 1. The molecule has 1 amide bonds. The summed E-state index contributed by atoms with van der Waals surface area (Å²) in [6, 6.07) is 11.6. The van der Waals surface area contributed by atoms with E-state index in [1.165, 1.54) is 18.2 Å². The van der Waals surface area contributed by atoms with Crippen LogP contribution in [-0.4, -0.2) is 20.4 Å². The van der Waals surface area contributed by atoms with E-state index < -0.39 is 16.5 Å². The zero-order valence-corrected chi connectivity index (χ0v) is 16.2. The van der Waals surface area contributed by atoms with E-state index in [1.54, 1.807) is 12.3 Å². The molecule has 0 bridgehead atoms. The lowest BCUT2D eigenvalue weighted by Gasteiger charge is -2.12. The largest absolute Gasteiger partial charge is 0.330 e. The first-order chi connectivity index (χ1) is 13.4. The Kier molecular flexibility index (Phi) is 5.75. The maximum atomic E-state index is 12.6. The van der Waals surface area contributed by atoms with Crippen molar-refractivity contribution < 1.29 is 9.72 Å². The van der Waals surface area contributed by atoms with Gasteiger partial charge in [0.1, 0.15) is 16.4 Å². The SMILES string of the molecule is CC(C)c1nccn1Cc1cccc(NC(=O)c2cccc(Cl)c2[N+](=O)[O-])c1. The number of hydrogen-bond acceptors (Lipinski definition) is 4. The number of halogens is 1. The lowest BCUT2D eigenvalue weighted by Crippen LogP contribution is -2.14. The Balaban J connectivity index is 1.82. The van der Waals surface area contributed by atoms with Gasteiger partial charge in [0.2, 0.25) is 0 Å². The summed E-state index contributed by atoms with van der Waals surface area (Å²) in [6.07, 6.45) is 3.68. The van der Waals surface area contributed by atoms with Gasteiger partial charge in [0.15, 0.2) is 0 Å². The second kappa shape index (κ2) is 8.22. The summed E-state index contributed by atoms with van der Waals surface area (Å²) in [7, 11) is 0. The van der Waals surface area contributed by atoms with Gasteiger partial charge in [-0.3, -0.25) is 14.9 Å². The summed E-state index contributed by atoms with van der Waals surface area (Å²) in [5.74, 6) is 0.683. The molecule has 0 fully saturated rings. The molecule has 3 aromatic rings. The highest BCUT2D eigenvalue weighted by molar-refractivity contribution is 6.33. The van der Waals surface area contributed by atoms with E-state index in [0.29, 0.717) is 18.2 Å². The highest BCUT2D eigenvalue weighted by atomic mass is 35.5. The van der Waals surface area contributed by atoms with Gasteiger partial charge in [-0.05, 0) is 29.8 Å². The normalized spacial score (nSPS) is 10.9. The number of anilines is 1. The van der Waals surface area contributed by atoms with Gasteiger partial charge in [0, 0.05) is 30.5 Å². The number of aromatic nitrogens is 2. The van der Waals surface area contributed by atoms with Crippen LogP contribution >= 0.6 is 11.6 Å². The van der Waals surface area contributed by atoms with E-state index in [4.69, 9.17) is 11.6 Å². The molecule has 1 heterocycles. The summed E-state index contributed by atoms with van der Waals surface area (Å²) >= 11 is 5.89. The molecule has 0 radical (unpaired) electrons. The number of carbonyl (C=O) groups excluding carboxylic acids is 1. The molecule has 0 unspecified atom stereocenters. The summed E-state index contributed by atoms with van der Waals surface area (Å²) in [4.78, 5) is 27.5. The van der Waals surface area contributed by atoms with Gasteiger partial charge < -0.3 is 9.88 Å². The molecule has 7 nitrogen and oxygen atoms in total. The van der Waals surface area contributed by atoms with E-state index >= 15 is 0 Å². The number of carbonyl (C=O) groups is 1. The highest BCUT2D eigenvalue weighted by Gasteiger charge is 2.23. The Bertz CT molecular complexity index is 1030.